The Morgan fingerprint density at radius 1 is 1.56 bits per heavy atom. The minimum Gasteiger partial charge on any atom is -0.394 e. The molecule has 3 atom stereocenters. The van der Waals surface area contributed by atoms with Crippen molar-refractivity contribution >= 4 is 0 Å². The first-order chi connectivity index (χ1) is 8.54. The van der Waals surface area contributed by atoms with E-state index in [0.29, 0.717) is 12.0 Å². The number of piperidine rings is 1. The standard InChI is InChI=1S/C14H30N2O2/c1-12(8-14(2,11-17)15-3)16-7-5-6-13(9-16)10-18-4/h12-13,15,17H,5-11H2,1-4H3. The van der Waals surface area contributed by atoms with Gasteiger partial charge in [0.25, 0.3) is 0 Å². The Morgan fingerprint density at radius 3 is 2.83 bits per heavy atom. The average Bonchev–Trinajstić information content (AvgIpc) is 2.39. The molecule has 0 saturated carbocycles. The van der Waals surface area contributed by atoms with Crippen LogP contribution in [0.5, 0.6) is 0 Å². The Balaban J connectivity index is 2.47. The van der Waals surface area contributed by atoms with Gasteiger partial charge in [0, 0.05) is 25.2 Å². The summed E-state index contributed by atoms with van der Waals surface area (Å²) in [5.41, 5.74) is -0.173. The van der Waals surface area contributed by atoms with Gasteiger partial charge in [-0.1, -0.05) is 0 Å². The number of methoxy groups -OCH3 is 1. The minimum atomic E-state index is -0.173. The molecule has 1 aliphatic heterocycles. The van der Waals surface area contributed by atoms with Gasteiger partial charge in [-0.15, -0.1) is 0 Å². The summed E-state index contributed by atoms with van der Waals surface area (Å²) in [6.07, 6.45) is 3.51. The highest BCUT2D eigenvalue weighted by Crippen LogP contribution is 2.22. The van der Waals surface area contributed by atoms with Gasteiger partial charge in [0.2, 0.25) is 0 Å². The van der Waals surface area contributed by atoms with Crippen molar-refractivity contribution in [2.24, 2.45) is 5.92 Å². The third-order valence-electron chi connectivity index (χ3n) is 4.27. The van der Waals surface area contributed by atoms with Crippen LogP contribution >= 0.6 is 0 Å². The summed E-state index contributed by atoms with van der Waals surface area (Å²) >= 11 is 0. The van der Waals surface area contributed by atoms with E-state index < -0.39 is 0 Å². The molecule has 0 aromatic heterocycles. The Kier molecular flexibility index (Phi) is 6.57. The van der Waals surface area contributed by atoms with E-state index in [2.05, 4.69) is 24.1 Å². The molecule has 1 aliphatic rings. The molecule has 0 amide bonds. The highest BCUT2D eigenvalue weighted by atomic mass is 16.5. The van der Waals surface area contributed by atoms with Gasteiger partial charge >= 0.3 is 0 Å². The third-order valence-corrected chi connectivity index (χ3v) is 4.27. The van der Waals surface area contributed by atoms with Crippen LogP contribution in [0, 0.1) is 5.92 Å². The molecule has 4 heteroatoms. The second kappa shape index (κ2) is 7.43. The van der Waals surface area contributed by atoms with Crippen LogP contribution in [0.25, 0.3) is 0 Å². The number of aliphatic hydroxyl groups is 1. The van der Waals surface area contributed by atoms with E-state index in [9.17, 15) is 5.11 Å². The Morgan fingerprint density at radius 2 is 2.28 bits per heavy atom. The number of hydrogen-bond acceptors (Lipinski definition) is 4. The first kappa shape index (κ1) is 15.9. The number of hydrogen-bond donors (Lipinski definition) is 2. The Labute approximate surface area is 112 Å². The maximum Gasteiger partial charge on any atom is 0.0611 e. The number of likely N-dealkylation sites (N-methyl/N-ethyl adjacent to an activating group) is 1. The lowest BCUT2D eigenvalue weighted by Crippen LogP contribution is -2.51. The van der Waals surface area contributed by atoms with Gasteiger partial charge in [-0.05, 0) is 52.6 Å². The summed E-state index contributed by atoms with van der Waals surface area (Å²) in [5.74, 6) is 0.668. The lowest BCUT2D eigenvalue weighted by atomic mass is 9.91. The van der Waals surface area contributed by atoms with Crippen LogP contribution in [-0.2, 0) is 4.74 Å². The van der Waals surface area contributed by atoms with Gasteiger partial charge in [0.1, 0.15) is 0 Å². The molecule has 1 rings (SSSR count). The number of rotatable bonds is 7. The molecule has 0 radical (unpaired) electrons. The third kappa shape index (κ3) is 4.50. The molecule has 0 aromatic carbocycles. The summed E-state index contributed by atoms with van der Waals surface area (Å²) in [6.45, 7) is 7.70. The zero-order valence-corrected chi connectivity index (χ0v) is 12.4. The van der Waals surface area contributed by atoms with Gasteiger partial charge in [-0.2, -0.15) is 0 Å². The number of nitrogens with one attached hydrogen (secondary N) is 1. The van der Waals surface area contributed by atoms with E-state index >= 15 is 0 Å². The van der Waals surface area contributed by atoms with Crippen LogP contribution in [0.1, 0.15) is 33.1 Å². The van der Waals surface area contributed by atoms with Crippen molar-refractivity contribution in [2.45, 2.75) is 44.7 Å². The average molecular weight is 258 g/mol. The first-order valence-corrected chi connectivity index (χ1v) is 7.07. The van der Waals surface area contributed by atoms with E-state index in [4.69, 9.17) is 4.74 Å². The topological polar surface area (TPSA) is 44.7 Å². The molecule has 1 fully saturated rings. The van der Waals surface area contributed by atoms with Crippen molar-refractivity contribution in [2.75, 3.05) is 40.5 Å². The van der Waals surface area contributed by atoms with Crippen molar-refractivity contribution < 1.29 is 9.84 Å². The zero-order chi connectivity index (χ0) is 13.6. The summed E-state index contributed by atoms with van der Waals surface area (Å²) in [6, 6.07) is 0.495. The van der Waals surface area contributed by atoms with Crippen LogP contribution < -0.4 is 5.32 Å². The summed E-state index contributed by atoms with van der Waals surface area (Å²) < 4.78 is 5.27. The monoisotopic (exact) mass is 258 g/mol. The van der Waals surface area contributed by atoms with Gasteiger partial charge in [0.05, 0.1) is 13.2 Å². The summed E-state index contributed by atoms with van der Waals surface area (Å²) in [5, 5.41) is 12.7. The molecular formula is C14H30N2O2. The number of ether oxygens (including phenoxy) is 1. The predicted octanol–water partition coefficient (Wildman–Crippen LogP) is 1.09. The van der Waals surface area contributed by atoms with Gasteiger partial charge in [-0.25, -0.2) is 0 Å². The van der Waals surface area contributed by atoms with Gasteiger partial charge < -0.3 is 20.1 Å². The van der Waals surface area contributed by atoms with E-state index in [1.807, 2.05) is 7.05 Å². The van der Waals surface area contributed by atoms with Crippen molar-refractivity contribution in [1.29, 1.82) is 0 Å². The van der Waals surface area contributed by atoms with Crippen LogP contribution in [0.15, 0.2) is 0 Å². The molecule has 3 unspecified atom stereocenters. The van der Waals surface area contributed by atoms with Crippen LogP contribution in [0.3, 0.4) is 0 Å². The molecule has 1 saturated heterocycles. The highest BCUT2D eigenvalue weighted by molar-refractivity contribution is 4.87. The number of nitrogens with zero attached hydrogens (tertiary/aromatic N) is 1. The van der Waals surface area contributed by atoms with Crippen molar-refractivity contribution in [1.82, 2.24) is 10.2 Å². The van der Waals surface area contributed by atoms with E-state index in [1.165, 1.54) is 19.4 Å². The largest absolute Gasteiger partial charge is 0.394 e. The van der Waals surface area contributed by atoms with Crippen LogP contribution in [0.4, 0.5) is 0 Å². The minimum absolute atomic E-state index is 0.173. The van der Waals surface area contributed by atoms with E-state index in [1.54, 1.807) is 7.11 Å². The fraction of sp³-hybridized carbons (Fsp3) is 1.00. The van der Waals surface area contributed by atoms with Crippen molar-refractivity contribution in [3.05, 3.63) is 0 Å². The number of likely N-dealkylation sites (tertiary alicyclic amines) is 1. The molecule has 0 bridgehead atoms. The molecular weight excluding hydrogens is 228 g/mol. The molecule has 0 aromatic rings. The molecule has 0 aliphatic carbocycles. The fourth-order valence-corrected chi connectivity index (χ4v) is 2.90. The number of aliphatic hydroxyl groups excluding tert-OH is 1. The highest BCUT2D eigenvalue weighted by Gasteiger charge is 2.29. The first-order valence-electron chi connectivity index (χ1n) is 7.07. The smallest absolute Gasteiger partial charge is 0.0611 e. The molecule has 108 valence electrons. The molecule has 2 N–H and O–H groups in total. The second-order valence-corrected chi connectivity index (χ2v) is 5.98. The molecule has 18 heavy (non-hydrogen) atoms. The lowest BCUT2D eigenvalue weighted by Gasteiger charge is -2.40. The molecule has 0 spiro atoms. The normalized spacial score (nSPS) is 26.8. The van der Waals surface area contributed by atoms with Gasteiger partial charge in [0.15, 0.2) is 0 Å². The van der Waals surface area contributed by atoms with Crippen LogP contribution in [0.2, 0.25) is 0 Å². The SMILES string of the molecule is CNC(C)(CO)CC(C)N1CCCC(COC)C1. The molecule has 4 nitrogen and oxygen atoms in total. The van der Waals surface area contributed by atoms with Gasteiger partial charge in [-0.3, -0.25) is 0 Å². The Bertz CT molecular complexity index is 230. The fourth-order valence-electron chi connectivity index (χ4n) is 2.90. The van der Waals surface area contributed by atoms with Crippen molar-refractivity contribution in [3.63, 3.8) is 0 Å². The maximum absolute atomic E-state index is 9.47. The second-order valence-electron chi connectivity index (χ2n) is 5.98. The Hall–Kier alpha value is -0.160. The zero-order valence-electron chi connectivity index (χ0n) is 12.4. The molecule has 1 heterocycles. The maximum atomic E-state index is 9.47. The summed E-state index contributed by atoms with van der Waals surface area (Å²) in [7, 11) is 3.71. The van der Waals surface area contributed by atoms with Crippen LogP contribution in [-0.4, -0.2) is 62.0 Å². The van der Waals surface area contributed by atoms with E-state index in [-0.39, 0.29) is 12.1 Å². The summed E-state index contributed by atoms with van der Waals surface area (Å²) in [4.78, 5) is 2.54. The lowest BCUT2D eigenvalue weighted by molar-refractivity contribution is 0.0553. The predicted molar refractivity (Wildman–Crippen MR) is 74.8 cm³/mol. The quantitative estimate of drug-likeness (QED) is 0.717. The van der Waals surface area contributed by atoms with E-state index in [0.717, 1.165) is 19.6 Å². The van der Waals surface area contributed by atoms with Crippen molar-refractivity contribution in [3.8, 4) is 0 Å².